The molecular weight excluding hydrogens is 276 g/mol. The zero-order valence-electron chi connectivity index (χ0n) is 11.9. The largest absolute Gasteiger partial charge is 0.462 e. The maximum absolute atomic E-state index is 12.0. The highest BCUT2D eigenvalue weighted by Gasteiger charge is 2.26. The number of benzene rings is 1. The topological polar surface area (TPSA) is 64.3 Å². The lowest BCUT2D eigenvalue weighted by molar-refractivity contribution is 0.0527. The molecule has 1 unspecified atom stereocenters. The van der Waals surface area contributed by atoms with Gasteiger partial charge in [-0.25, -0.2) is 4.79 Å². The minimum absolute atomic E-state index is 0.276. The lowest BCUT2D eigenvalue weighted by atomic mass is 9.80. The third-order valence-electron chi connectivity index (χ3n) is 3.84. The smallest absolute Gasteiger partial charge is 0.340 e. The number of ether oxygens (including phenoxy) is 1. The molecule has 2 rings (SSSR count). The zero-order valence-corrected chi connectivity index (χ0v) is 12.7. The first-order chi connectivity index (χ1) is 9.52. The standard InChI is InChI=1S/C15H21ClN2O2/c1-3-20-15(19)12-7-11(17)8-13(16)14(12)18-9(2)10-5-4-6-10/h7-10,18H,3-6,17H2,1-2H3. The first kappa shape index (κ1) is 15.0. The maximum Gasteiger partial charge on any atom is 0.340 e. The molecule has 1 aromatic carbocycles. The SMILES string of the molecule is CCOC(=O)c1cc(N)cc(Cl)c1NC(C)C1CCC1. The van der Waals surface area contributed by atoms with Gasteiger partial charge in [-0.3, -0.25) is 0 Å². The molecule has 110 valence electrons. The Morgan fingerprint density at radius 2 is 2.25 bits per heavy atom. The molecule has 5 heteroatoms. The van der Waals surface area contributed by atoms with Gasteiger partial charge in [0.25, 0.3) is 0 Å². The van der Waals surface area contributed by atoms with Gasteiger partial charge in [0.05, 0.1) is 22.9 Å². The number of rotatable bonds is 5. The van der Waals surface area contributed by atoms with Crippen LogP contribution in [-0.2, 0) is 4.74 Å². The molecule has 0 amide bonds. The van der Waals surface area contributed by atoms with Crippen molar-refractivity contribution in [3.63, 3.8) is 0 Å². The molecule has 1 aliphatic rings. The second kappa shape index (κ2) is 6.35. The average Bonchev–Trinajstić information content (AvgIpc) is 2.30. The number of hydrogen-bond acceptors (Lipinski definition) is 4. The van der Waals surface area contributed by atoms with Gasteiger partial charge in [-0.15, -0.1) is 0 Å². The molecule has 0 radical (unpaired) electrons. The van der Waals surface area contributed by atoms with E-state index in [1.54, 1.807) is 19.1 Å². The van der Waals surface area contributed by atoms with Gasteiger partial charge in [0.2, 0.25) is 0 Å². The molecule has 1 atom stereocenters. The highest BCUT2D eigenvalue weighted by Crippen LogP contribution is 2.35. The molecule has 0 spiro atoms. The Hall–Kier alpha value is -1.42. The number of nitrogens with one attached hydrogen (secondary N) is 1. The Labute approximate surface area is 124 Å². The minimum Gasteiger partial charge on any atom is -0.462 e. The summed E-state index contributed by atoms with van der Waals surface area (Å²) in [7, 11) is 0. The van der Waals surface area contributed by atoms with Crippen LogP contribution in [0.5, 0.6) is 0 Å². The van der Waals surface area contributed by atoms with Crippen LogP contribution in [0.25, 0.3) is 0 Å². The Balaban J connectivity index is 2.26. The first-order valence-corrected chi connectivity index (χ1v) is 7.43. The number of carbonyl (C=O) groups excluding carboxylic acids is 1. The van der Waals surface area contributed by atoms with Crippen LogP contribution in [0.15, 0.2) is 12.1 Å². The number of carbonyl (C=O) groups is 1. The molecule has 20 heavy (non-hydrogen) atoms. The average molecular weight is 297 g/mol. The van der Waals surface area contributed by atoms with Crippen molar-refractivity contribution in [1.82, 2.24) is 0 Å². The second-order valence-electron chi connectivity index (χ2n) is 5.27. The van der Waals surface area contributed by atoms with Crippen LogP contribution in [0, 0.1) is 5.92 Å². The van der Waals surface area contributed by atoms with Crippen molar-refractivity contribution in [2.75, 3.05) is 17.7 Å². The molecule has 0 heterocycles. The molecule has 0 aromatic heterocycles. The van der Waals surface area contributed by atoms with Crippen LogP contribution in [-0.4, -0.2) is 18.6 Å². The van der Waals surface area contributed by atoms with Crippen LogP contribution >= 0.6 is 11.6 Å². The number of anilines is 2. The van der Waals surface area contributed by atoms with Crippen LogP contribution in [0.1, 0.15) is 43.5 Å². The van der Waals surface area contributed by atoms with E-state index in [9.17, 15) is 4.79 Å². The quantitative estimate of drug-likeness (QED) is 0.642. The molecule has 0 saturated heterocycles. The van der Waals surface area contributed by atoms with E-state index in [0.717, 1.165) is 0 Å². The number of halogens is 1. The fourth-order valence-corrected chi connectivity index (χ4v) is 2.71. The lowest BCUT2D eigenvalue weighted by Gasteiger charge is -2.33. The molecule has 0 bridgehead atoms. The van der Waals surface area contributed by atoms with E-state index in [4.69, 9.17) is 22.1 Å². The summed E-state index contributed by atoms with van der Waals surface area (Å²) >= 11 is 6.24. The number of nitrogen functional groups attached to an aromatic ring is 1. The van der Waals surface area contributed by atoms with Gasteiger partial charge >= 0.3 is 5.97 Å². The molecule has 0 aliphatic heterocycles. The van der Waals surface area contributed by atoms with E-state index >= 15 is 0 Å². The molecule has 3 N–H and O–H groups in total. The summed E-state index contributed by atoms with van der Waals surface area (Å²) in [5, 5.41) is 3.82. The van der Waals surface area contributed by atoms with Crippen LogP contribution in [0.2, 0.25) is 5.02 Å². The lowest BCUT2D eigenvalue weighted by Crippen LogP contribution is -2.31. The first-order valence-electron chi connectivity index (χ1n) is 7.05. The number of esters is 1. The summed E-state index contributed by atoms with van der Waals surface area (Å²) < 4.78 is 5.07. The predicted molar refractivity (Wildman–Crippen MR) is 82.2 cm³/mol. The van der Waals surface area contributed by atoms with Gasteiger partial charge in [-0.1, -0.05) is 18.0 Å². The van der Waals surface area contributed by atoms with Gasteiger partial charge in [0, 0.05) is 11.7 Å². The monoisotopic (exact) mass is 296 g/mol. The van der Waals surface area contributed by atoms with Crippen molar-refractivity contribution < 1.29 is 9.53 Å². The van der Waals surface area contributed by atoms with E-state index in [0.29, 0.717) is 34.5 Å². The van der Waals surface area contributed by atoms with Crippen molar-refractivity contribution in [2.24, 2.45) is 5.92 Å². The Kier molecular flexibility index (Phi) is 4.76. The Morgan fingerprint density at radius 3 is 2.80 bits per heavy atom. The predicted octanol–water partition coefficient (Wildman–Crippen LogP) is 3.70. The molecule has 1 fully saturated rings. The van der Waals surface area contributed by atoms with Gasteiger partial charge in [-0.05, 0) is 44.7 Å². The number of hydrogen-bond donors (Lipinski definition) is 2. The Bertz CT molecular complexity index is 501. The van der Waals surface area contributed by atoms with Crippen molar-refractivity contribution in [1.29, 1.82) is 0 Å². The molecule has 1 aromatic rings. The molecular formula is C15H21ClN2O2. The van der Waals surface area contributed by atoms with E-state index in [1.165, 1.54) is 19.3 Å². The van der Waals surface area contributed by atoms with E-state index < -0.39 is 5.97 Å². The van der Waals surface area contributed by atoms with Gasteiger partial charge < -0.3 is 15.8 Å². The van der Waals surface area contributed by atoms with E-state index in [2.05, 4.69) is 12.2 Å². The maximum atomic E-state index is 12.0. The summed E-state index contributed by atoms with van der Waals surface area (Å²) in [4.78, 5) is 12.0. The summed E-state index contributed by atoms with van der Waals surface area (Å²) in [6, 6.07) is 3.54. The normalized spacial score (nSPS) is 16.4. The van der Waals surface area contributed by atoms with E-state index in [1.807, 2.05) is 0 Å². The van der Waals surface area contributed by atoms with Crippen LogP contribution in [0.4, 0.5) is 11.4 Å². The fraction of sp³-hybridized carbons (Fsp3) is 0.533. The van der Waals surface area contributed by atoms with Crippen LogP contribution < -0.4 is 11.1 Å². The third-order valence-corrected chi connectivity index (χ3v) is 4.13. The van der Waals surface area contributed by atoms with Gasteiger partial charge in [-0.2, -0.15) is 0 Å². The van der Waals surface area contributed by atoms with E-state index in [-0.39, 0.29) is 6.04 Å². The van der Waals surface area contributed by atoms with Crippen molar-refractivity contribution in [3.8, 4) is 0 Å². The summed E-state index contributed by atoms with van der Waals surface area (Å²) in [5.74, 6) is 0.240. The molecule has 1 saturated carbocycles. The highest BCUT2D eigenvalue weighted by molar-refractivity contribution is 6.34. The zero-order chi connectivity index (χ0) is 14.7. The number of nitrogens with two attached hydrogens (primary N) is 1. The summed E-state index contributed by atoms with van der Waals surface area (Å²) in [6.07, 6.45) is 3.71. The van der Waals surface area contributed by atoms with Crippen molar-refractivity contribution >= 4 is 28.9 Å². The third kappa shape index (κ3) is 3.18. The Morgan fingerprint density at radius 1 is 1.55 bits per heavy atom. The van der Waals surface area contributed by atoms with Crippen LogP contribution in [0.3, 0.4) is 0 Å². The fourth-order valence-electron chi connectivity index (χ4n) is 2.43. The van der Waals surface area contributed by atoms with Crippen molar-refractivity contribution in [3.05, 3.63) is 22.7 Å². The molecule has 4 nitrogen and oxygen atoms in total. The highest BCUT2D eigenvalue weighted by atomic mass is 35.5. The van der Waals surface area contributed by atoms with Gasteiger partial charge in [0.1, 0.15) is 0 Å². The summed E-state index contributed by atoms with van der Waals surface area (Å²) in [6.45, 7) is 4.21. The minimum atomic E-state index is -0.398. The summed E-state index contributed by atoms with van der Waals surface area (Å²) in [5.41, 5.74) is 7.26. The second-order valence-corrected chi connectivity index (χ2v) is 5.68. The molecule has 1 aliphatic carbocycles. The van der Waals surface area contributed by atoms with Crippen molar-refractivity contribution in [2.45, 2.75) is 39.2 Å². The van der Waals surface area contributed by atoms with Gasteiger partial charge in [0.15, 0.2) is 0 Å².